The fourth-order valence-corrected chi connectivity index (χ4v) is 1.27. The van der Waals surface area contributed by atoms with Crippen molar-refractivity contribution in [3.63, 3.8) is 0 Å². The molecule has 0 fully saturated rings. The number of aliphatic carboxylic acids is 1. The van der Waals surface area contributed by atoms with E-state index >= 15 is 0 Å². The summed E-state index contributed by atoms with van der Waals surface area (Å²) in [5.74, 6) is -0.890. The molecule has 88 valence electrons. The first-order valence-electron chi connectivity index (χ1n) is 5.24. The molecule has 3 N–H and O–H groups in total. The van der Waals surface area contributed by atoms with Gasteiger partial charge in [-0.1, -0.05) is 13.3 Å². The minimum Gasteiger partial charge on any atom is -0.481 e. The van der Waals surface area contributed by atoms with Gasteiger partial charge in [-0.05, 0) is 20.3 Å². The van der Waals surface area contributed by atoms with Crippen LogP contribution in [0.15, 0.2) is 0 Å². The molecule has 0 aromatic rings. The monoisotopic (exact) mass is 216 g/mol. The fourth-order valence-electron chi connectivity index (χ4n) is 1.27. The molecular formula is C10H20N2O3. The molecule has 0 spiro atoms. The van der Waals surface area contributed by atoms with Crippen LogP contribution < -0.4 is 10.6 Å². The van der Waals surface area contributed by atoms with Gasteiger partial charge in [0.05, 0.1) is 6.42 Å². The first-order valence-corrected chi connectivity index (χ1v) is 5.24. The number of carboxylic acids is 1. The van der Waals surface area contributed by atoms with Crippen LogP contribution in [0, 0.1) is 0 Å². The van der Waals surface area contributed by atoms with E-state index in [4.69, 9.17) is 5.11 Å². The lowest BCUT2D eigenvalue weighted by Crippen LogP contribution is -2.45. The van der Waals surface area contributed by atoms with Crippen molar-refractivity contribution in [1.29, 1.82) is 0 Å². The number of urea groups is 1. The quantitative estimate of drug-likeness (QED) is 0.627. The summed E-state index contributed by atoms with van der Waals surface area (Å²) in [5.41, 5.74) is 0. The van der Waals surface area contributed by atoms with Gasteiger partial charge in [-0.2, -0.15) is 0 Å². The first kappa shape index (κ1) is 13.7. The Hall–Kier alpha value is -1.26. The molecule has 0 aliphatic carbocycles. The highest BCUT2D eigenvalue weighted by Crippen LogP contribution is 2.01. The predicted octanol–water partition coefficient (Wildman–Crippen LogP) is 1.34. The third-order valence-corrected chi connectivity index (χ3v) is 1.81. The summed E-state index contributed by atoms with van der Waals surface area (Å²) in [6, 6.07) is -0.534. The van der Waals surface area contributed by atoms with Crippen LogP contribution in [0.2, 0.25) is 0 Å². The van der Waals surface area contributed by atoms with Gasteiger partial charge in [0, 0.05) is 12.1 Å². The maximum Gasteiger partial charge on any atom is 0.315 e. The number of hydrogen-bond donors (Lipinski definition) is 3. The number of carboxylic acid groups (broad SMARTS) is 1. The number of hydrogen-bond acceptors (Lipinski definition) is 2. The van der Waals surface area contributed by atoms with Crippen molar-refractivity contribution < 1.29 is 14.7 Å². The van der Waals surface area contributed by atoms with E-state index in [1.165, 1.54) is 0 Å². The van der Waals surface area contributed by atoms with Gasteiger partial charge >= 0.3 is 12.0 Å². The summed E-state index contributed by atoms with van der Waals surface area (Å²) in [4.78, 5) is 21.8. The molecule has 0 aliphatic rings. The molecule has 0 saturated carbocycles. The van der Waals surface area contributed by atoms with Crippen LogP contribution in [-0.4, -0.2) is 29.2 Å². The van der Waals surface area contributed by atoms with Crippen molar-refractivity contribution >= 4 is 12.0 Å². The van der Waals surface area contributed by atoms with E-state index in [0.29, 0.717) is 6.42 Å². The molecule has 0 rings (SSSR count). The van der Waals surface area contributed by atoms with E-state index in [1.807, 2.05) is 20.8 Å². The largest absolute Gasteiger partial charge is 0.481 e. The van der Waals surface area contributed by atoms with Crippen molar-refractivity contribution in [3.8, 4) is 0 Å². The average Bonchev–Trinajstić information content (AvgIpc) is 2.00. The maximum atomic E-state index is 11.3. The summed E-state index contributed by atoms with van der Waals surface area (Å²) < 4.78 is 0. The number of amides is 2. The van der Waals surface area contributed by atoms with E-state index in [9.17, 15) is 9.59 Å². The Kier molecular flexibility index (Phi) is 6.49. The highest BCUT2D eigenvalue weighted by atomic mass is 16.4. The SMILES string of the molecule is CCCC(CC(=O)O)NC(=O)NC(C)C. The van der Waals surface area contributed by atoms with E-state index in [2.05, 4.69) is 10.6 Å². The minimum absolute atomic E-state index is 0.0284. The van der Waals surface area contributed by atoms with Crippen molar-refractivity contribution in [3.05, 3.63) is 0 Å². The second-order valence-electron chi connectivity index (χ2n) is 3.86. The van der Waals surface area contributed by atoms with Gasteiger partial charge in [0.25, 0.3) is 0 Å². The molecule has 5 nitrogen and oxygen atoms in total. The summed E-state index contributed by atoms with van der Waals surface area (Å²) in [5, 5.41) is 13.9. The molecule has 0 aromatic heterocycles. The molecule has 0 aromatic carbocycles. The molecule has 0 bridgehead atoms. The topological polar surface area (TPSA) is 78.4 Å². The van der Waals surface area contributed by atoms with Crippen molar-refractivity contribution in [2.45, 2.75) is 52.1 Å². The molecule has 1 unspecified atom stereocenters. The zero-order valence-electron chi connectivity index (χ0n) is 9.54. The molecular weight excluding hydrogens is 196 g/mol. The van der Waals surface area contributed by atoms with E-state index in [0.717, 1.165) is 6.42 Å². The first-order chi connectivity index (χ1) is 6.95. The van der Waals surface area contributed by atoms with Crippen LogP contribution in [0.25, 0.3) is 0 Å². The third kappa shape index (κ3) is 7.78. The Morgan fingerprint density at radius 3 is 2.27 bits per heavy atom. The molecule has 0 saturated heterocycles. The maximum absolute atomic E-state index is 11.3. The van der Waals surface area contributed by atoms with Crippen LogP contribution in [0.4, 0.5) is 4.79 Å². The van der Waals surface area contributed by atoms with Gasteiger partial charge in [0.2, 0.25) is 0 Å². The van der Waals surface area contributed by atoms with Crippen LogP contribution in [0.3, 0.4) is 0 Å². The molecule has 0 radical (unpaired) electrons. The van der Waals surface area contributed by atoms with Crippen molar-refractivity contribution in [2.75, 3.05) is 0 Å². The van der Waals surface area contributed by atoms with Gasteiger partial charge in [0.1, 0.15) is 0 Å². The second kappa shape index (κ2) is 7.09. The smallest absolute Gasteiger partial charge is 0.315 e. The predicted molar refractivity (Wildman–Crippen MR) is 57.8 cm³/mol. The highest BCUT2D eigenvalue weighted by molar-refractivity contribution is 5.75. The lowest BCUT2D eigenvalue weighted by molar-refractivity contribution is -0.137. The Bertz CT molecular complexity index is 217. The summed E-state index contributed by atoms with van der Waals surface area (Å²) in [7, 11) is 0. The Morgan fingerprint density at radius 1 is 1.27 bits per heavy atom. The zero-order chi connectivity index (χ0) is 11.8. The highest BCUT2D eigenvalue weighted by Gasteiger charge is 2.15. The minimum atomic E-state index is -0.890. The number of carbonyl (C=O) groups is 2. The van der Waals surface area contributed by atoms with E-state index in [-0.39, 0.29) is 24.5 Å². The zero-order valence-corrected chi connectivity index (χ0v) is 9.54. The molecule has 0 aliphatic heterocycles. The normalized spacial score (nSPS) is 12.3. The van der Waals surface area contributed by atoms with Gasteiger partial charge in [-0.25, -0.2) is 4.79 Å². The molecule has 0 heterocycles. The van der Waals surface area contributed by atoms with Crippen molar-refractivity contribution in [1.82, 2.24) is 10.6 Å². The fraction of sp³-hybridized carbons (Fsp3) is 0.800. The Balaban J connectivity index is 4.03. The van der Waals surface area contributed by atoms with Crippen LogP contribution in [0.1, 0.15) is 40.0 Å². The molecule has 1 atom stereocenters. The van der Waals surface area contributed by atoms with Gasteiger partial charge in [0.15, 0.2) is 0 Å². The summed E-state index contributed by atoms with van der Waals surface area (Å²) >= 11 is 0. The molecule has 15 heavy (non-hydrogen) atoms. The van der Waals surface area contributed by atoms with E-state index in [1.54, 1.807) is 0 Å². The Labute approximate surface area is 90.2 Å². The summed E-state index contributed by atoms with van der Waals surface area (Å²) in [6.45, 7) is 5.66. The van der Waals surface area contributed by atoms with Crippen LogP contribution in [0.5, 0.6) is 0 Å². The van der Waals surface area contributed by atoms with Crippen LogP contribution in [-0.2, 0) is 4.79 Å². The van der Waals surface area contributed by atoms with E-state index < -0.39 is 5.97 Å². The molecule has 5 heteroatoms. The third-order valence-electron chi connectivity index (χ3n) is 1.81. The molecule has 2 amide bonds. The second-order valence-corrected chi connectivity index (χ2v) is 3.86. The number of nitrogens with one attached hydrogen (secondary N) is 2. The van der Waals surface area contributed by atoms with Gasteiger partial charge in [-0.15, -0.1) is 0 Å². The number of rotatable bonds is 6. The lowest BCUT2D eigenvalue weighted by Gasteiger charge is -2.17. The number of carbonyl (C=O) groups excluding carboxylic acids is 1. The van der Waals surface area contributed by atoms with Gasteiger partial charge < -0.3 is 15.7 Å². The summed E-state index contributed by atoms with van der Waals surface area (Å²) in [6.07, 6.45) is 1.50. The standard InChI is InChI=1S/C10H20N2O3/c1-4-5-8(6-9(13)14)12-10(15)11-7(2)3/h7-8H,4-6H2,1-3H3,(H,13,14)(H2,11,12,15). The van der Waals surface area contributed by atoms with Gasteiger partial charge in [-0.3, -0.25) is 4.79 Å². The Morgan fingerprint density at radius 2 is 1.87 bits per heavy atom. The van der Waals surface area contributed by atoms with Crippen molar-refractivity contribution in [2.24, 2.45) is 0 Å². The lowest BCUT2D eigenvalue weighted by atomic mass is 10.1. The van der Waals surface area contributed by atoms with Crippen LogP contribution >= 0.6 is 0 Å². The average molecular weight is 216 g/mol.